The summed E-state index contributed by atoms with van der Waals surface area (Å²) in [6.45, 7) is 1.07. The Bertz CT molecular complexity index is 739. The molecule has 3 atom stereocenters. The van der Waals surface area contributed by atoms with Crippen LogP contribution in [0.3, 0.4) is 0 Å². The number of benzene rings is 1. The molecule has 0 bridgehead atoms. The summed E-state index contributed by atoms with van der Waals surface area (Å²) in [6.07, 6.45) is 6.98. The maximum Gasteiger partial charge on any atom is 0.134 e. The van der Waals surface area contributed by atoms with Crippen LogP contribution in [0, 0.1) is 5.82 Å². The maximum absolute atomic E-state index is 13.2. The fraction of sp³-hybridized carbons (Fsp3) is 0.500. The van der Waals surface area contributed by atoms with Gasteiger partial charge in [-0.1, -0.05) is 18.6 Å². The average Bonchev–Trinajstić information content (AvgIpc) is 3.32. The summed E-state index contributed by atoms with van der Waals surface area (Å²) < 4.78 is 13.2. The molecule has 1 saturated heterocycles. The number of nitrogens with one attached hydrogen (secondary N) is 1. The third kappa shape index (κ3) is 3.51. The highest BCUT2D eigenvalue weighted by molar-refractivity contribution is 5.50. The fourth-order valence-electron chi connectivity index (χ4n) is 4.34. The Kier molecular flexibility index (Phi) is 5.02. The van der Waals surface area contributed by atoms with Crippen LogP contribution in [0.4, 0.5) is 16.0 Å². The number of aliphatic hydroxyl groups is 1. The van der Waals surface area contributed by atoms with Crippen LogP contribution in [0.2, 0.25) is 0 Å². The molecule has 5 nitrogen and oxygen atoms in total. The van der Waals surface area contributed by atoms with Crippen LogP contribution < -0.4 is 10.2 Å². The number of halogens is 1. The van der Waals surface area contributed by atoms with Crippen molar-refractivity contribution >= 4 is 11.6 Å². The zero-order valence-corrected chi connectivity index (χ0v) is 14.8. The Hall–Kier alpha value is -2.21. The lowest BCUT2D eigenvalue weighted by molar-refractivity contribution is 0.266. The zero-order chi connectivity index (χ0) is 17.9. The van der Waals surface area contributed by atoms with Crippen LogP contribution in [0.25, 0.3) is 0 Å². The van der Waals surface area contributed by atoms with E-state index in [0.717, 1.165) is 50.3 Å². The number of aliphatic hydroxyl groups excluding tert-OH is 1. The molecular weight excluding hydrogens is 331 g/mol. The van der Waals surface area contributed by atoms with Crippen molar-refractivity contribution in [1.82, 2.24) is 9.97 Å². The van der Waals surface area contributed by atoms with Gasteiger partial charge in [0.1, 0.15) is 23.8 Å². The van der Waals surface area contributed by atoms with Crippen molar-refractivity contribution in [2.24, 2.45) is 0 Å². The van der Waals surface area contributed by atoms with Crippen molar-refractivity contribution in [3.63, 3.8) is 0 Å². The first-order valence-corrected chi connectivity index (χ1v) is 9.46. The third-order valence-electron chi connectivity index (χ3n) is 5.68. The molecular formula is C20H25FN4O. The second kappa shape index (κ2) is 7.58. The molecule has 2 fully saturated rings. The average molecular weight is 356 g/mol. The van der Waals surface area contributed by atoms with Crippen molar-refractivity contribution in [3.8, 4) is 0 Å². The highest BCUT2D eigenvalue weighted by atomic mass is 19.1. The molecule has 26 heavy (non-hydrogen) atoms. The summed E-state index contributed by atoms with van der Waals surface area (Å²) in [5.41, 5.74) is 1.18. The summed E-state index contributed by atoms with van der Waals surface area (Å²) in [5, 5.41) is 13.1. The predicted molar refractivity (Wildman–Crippen MR) is 99.9 cm³/mol. The van der Waals surface area contributed by atoms with Crippen LogP contribution in [0.1, 0.15) is 43.6 Å². The minimum absolute atomic E-state index is 0.149. The molecule has 4 rings (SSSR count). The lowest BCUT2D eigenvalue weighted by atomic mass is 9.94. The van der Waals surface area contributed by atoms with E-state index in [0.29, 0.717) is 5.92 Å². The molecule has 1 aliphatic heterocycles. The molecule has 1 saturated carbocycles. The lowest BCUT2D eigenvalue weighted by Crippen LogP contribution is -2.33. The molecule has 2 aromatic rings. The summed E-state index contributed by atoms with van der Waals surface area (Å²) in [6, 6.07) is 9.27. The van der Waals surface area contributed by atoms with E-state index in [-0.39, 0.29) is 24.5 Å². The van der Waals surface area contributed by atoms with Gasteiger partial charge < -0.3 is 15.3 Å². The standard InChI is InChI=1S/C20H25FN4O/c21-15-8-6-14(7-9-15)17-4-1-5-18(17)24-19-11-20(23-13-22-19)25-10-2-3-16(25)12-26/h6-9,11,13,16-18,26H,1-5,10,12H2,(H,22,23,24). The number of anilines is 2. The largest absolute Gasteiger partial charge is 0.394 e. The van der Waals surface area contributed by atoms with E-state index in [1.165, 1.54) is 17.7 Å². The third-order valence-corrected chi connectivity index (χ3v) is 5.68. The highest BCUT2D eigenvalue weighted by Crippen LogP contribution is 2.36. The molecule has 1 aromatic heterocycles. The molecule has 2 aliphatic rings. The van der Waals surface area contributed by atoms with Gasteiger partial charge in [-0.25, -0.2) is 14.4 Å². The van der Waals surface area contributed by atoms with Gasteiger partial charge in [0, 0.05) is 24.6 Å². The molecule has 0 spiro atoms. The summed E-state index contributed by atoms with van der Waals surface area (Å²) in [7, 11) is 0. The first-order chi connectivity index (χ1) is 12.7. The second-order valence-electron chi connectivity index (χ2n) is 7.27. The minimum atomic E-state index is -0.194. The molecule has 138 valence electrons. The van der Waals surface area contributed by atoms with E-state index in [1.54, 1.807) is 6.33 Å². The van der Waals surface area contributed by atoms with E-state index >= 15 is 0 Å². The Morgan fingerprint density at radius 2 is 1.96 bits per heavy atom. The highest BCUT2D eigenvalue weighted by Gasteiger charge is 2.29. The number of aromatic nitrogens is 2. The van der Waals surface area contributed by atoms with Gasteiger partial charge in [0.25, 0.3) is 0 Å². The zero-order valence-electron chi connectivity index (χ0n) is 14.8. The second-order valence-corrected chi connectivity index (χ2v) is 7.27. The number of hydrogen-bond donors (Lipinski definition) is 2. The van der Waals surface area contributed by atoms with Gasteiger partial charge in [-0.2, -0.15) is 0 Å². The predicted octanol–water partition coefficient (Wildman–Crippen LogP) is 3.33. The molecule has 0 radical (unpaired) electrons. The van der Waals surface area contributed by atoms with Crippen molar-refractivity contribution < 1.29 is 9.50 Å². The summed E-state index contributed by atoms with van der Waals surface area (Å²) in [4.78, 5) is 11.0. The molecule has 1 aromatic carbocycles. The van der Waals surface area contributed by atoms with Gasteiger partial charge in [-0.3, -0.25) is 0 Å². The Balaban J connectivity index is 1.50. The number of nitrogens with zero attached hydrogens (tertiary/aromatic N) is 3. The lowest BCUT2D eigenvalue weighted by Gasteiger charge is -2.25. The van der Waals surface area contributed by atoms with Crippen molar-refractivity contribution in [2.45, 2.75) is 50.1 Å². The molecule has 3 unspecified atom stereocenters. The van der Waals surface area contributed by atoms with Gasteiger partial charge in [-0.15, -0.1) is 0 Å². The van der Waals surface area contributed by atoms with Gasteiger partial charge in [0.05, 0.1) is 12.6 Å². The van der Waals surface area contributed by atoms with E-state index in [2.05, 4.69) is 20.2 Å². The summed E-state index contributed by atoms with van der Waals surface area (Å²) >= 11 is 0. The molecule has 2 heterocycles. The van der Waals surface area contributed by atoms with Crippen LogP contribution in [0.15, 0.2) is 36.7 Å². The quantitative estimate of drug-likeness (QED) is 0.861. The van der Waals surface area contributed by atoms with Gasteiger partial charge in [0.2, 0.25) is 0 Å². The molecule has 6 heteroatoms. The minimum Gasteiger partial charge on any atom is -0.394 e. The monoisotopic (exact) mass is 356 g/mol. The van der Waals surface area contributed by atoms with E-state index < -0.39 is 0 Å². The molecule has 2 N–H and O–H groups in total. The number of rotatable bonds is 5. The number of hydrogen-bond acceptors (Lipinski definition) is 5. The fourth-order valence-corrected chi connectivity index (χ4v) is 4.34. The summed E-state index contributed by atoms with van der Waals surface area (Å²) in [5.74, 6) is 1.86. The van der Waals surface area contributed by atoms with Crippen molar-refractivity contribution in [3.05, 3.63) is 48.0 Å². The molecule has 1 aliphatic carbocycles. The Labute approximate surface area is 153 Å². The normalized spacial score (nSPS) is 25.6. The SMILES string of the molecule is OCC1CCCN1c1cc(NC2CCCC2c2ccc(F)cc2)ncn1. The Morgan fingerprint density at radius 3 is 2.77 bits per heavy atom. The van der Waals surface area contributed by atoms with Crippen LogP contribution in [-0.2, 0) is 0 Å². The smallest absolute Gasteiger partial charge is 0.134 e. The maximum atomic E-state index is 13.2. The van der Waals surface area contributed by atoms with Crippen molar-refractivity contribution in [2.75, 3.05) is 23.4 Å². The van der Waals surface area contributed by atoms with Crippen molar-refractivity contribution in [1.29, 1.82) is 0 Å². The topological polar surface area (TPSA) is 61.3 Å². The molecule has 0 amide bonds. The first-order valence-electron chi connectivity index (χ1n) is 9.46. The van der Waals surface area contributed by atoms with E-state index in [4.69, 9.17) is 0 Å². The van der Waals surface area contributed by atoms with E-state index in [9.17, 15) is 9.50 Å². The van der Waals surface area contributed by atoms with Gasteiger partial charge in [0.15, 0.2) is 0 Å². The Morgan fingerprint density at radius 1 is 1.12 bits per heavy atom. The van der Waals surface area contributed by atoms with Crippen LogP contribution >= 0.6 is 0 Å². The van der Waals surface area contributed by atoms with E-state index in [1.807, 2.05) is 18.2 Å². The van der Waals surface area contributed by atoms with Gasteiger partial charge in [-0.05, 0) is 43.4 Å². The van der Waals surface area contributed by atoms with Crippen LogP contribution in [0.5, 0.6) is 0 Å². The van der Waals surface area contributed by atoms with Crippen LogP contribution in [-0.4, -0.2) is 40.3 Å². The van der Waals surface area contributed by atoms with Gasteiger partial charge >= 0.3 is 0 Å². The first kappa shape index (κ1) is 17.2.